The summed E-state index contributed by atoms with van der Waals surface area (Å²) in [6, 6.07) is 3.30. The van der Waals surface area contributed by atoms with Crippen LogP contribution in [-0.2, 0) is 4.79 Å². The topological polar surface area (TPSA) is 101 Å². The molecule has 0 aliphatic rings. The Balaban J connectivity index is 1.66. The van der Waals surface area contributed by atoms with Gasteiger partial charge in [0.2, 0.25) is 11.7 Å². The van der Waals surface area contributed by atoms with Crippen molar-refractivity contribution in [3.8, 4) is 0 Å². The summed E-state index contributed by atoms with van der Waals surface area (Å²) < 4.78 is 40.9. The van der Waals surface area contributed by atoms with Crippen LogP contribution in [-0.4, -0.2) is 37.9 Å². The number of amides is 2. The summed E-state index contributed by atoms with van der Waals surface area (Å²) >= 11 is 0. The van der Waals surface area contributed by atoms with Gasteiger partial charge in [-0.15, -0.1) is 5.10 Å². The number of halogens is 3. The Hall–Kier alpha value is -3.50. The van der Waals surface area contributed by atoms with Crippen molar-refractivity contribution in [2.45, 2.75) is 13.8 Å². The lowest BCUT2D eigenvalue weighted by molar-refractivity contribution is -0.115. The number of carbonyl (C=O) groups is 2. The Morgan fingerprint density at radius 1 is 1.11 bits per heavy atom. The minimum Gasteiger partial charge on any atom is -0.340 e. The fourth-order valence-corrected chi connectivity index (χ4v) is 2.32. The molecule has 1 aromatic carbocycles. The fraction of sp³-hybridized carbons (Fsp3) is 0.188. The van der Waals surface area contributed by atoms with Gasteiger partial charge in [0.15, 0.2) is 17.5 Å². The number of anilines is 1. The van der Waals surface area contributed by atoms with Gasteiger partial charge in [-0.3, -0.25) is 9.59 Å². The van der Waals surface area contributed by atoms with E-state index in [2.05, 4.69) is 20.4 Å². The summed E-state index contributed by atoms with van der Waals surface area (Å²) in [6.45, 7) is 2.98. The van der Waals surface area contributed by atoms with E-state index in [1.54, 1.807) is 19.9 Å². The predicted molar refractivity (Wildman–Crippen MR) is 87.5 cm³/mol. The zero-order valence-corrected chi connectivity index (χ0v) is 14.2. The summed E-state index contributed by atoms with van der Waals surface area (Å²) in [7, 11) is 0. The second kappa shape index (κ2) is 7.02. The van der Waals surface area contributed by atoms with Crippen molar-refractivity contribution in [2.24, 2.45) is 0 Å². The molecule has 0 bridgehead atoms. The number of fused-ring (bicyclic) bond motifs is 1. The van der Waals surface area contributed by atoms with Crippen LogP contribution in [0.3, 0.4) is 0 Å². The van der Waals surface area contributed by atoms with E-state index in [-0.39, 0.29) is 11.6 Å². The van der Waals surface area contributed by atoms with Crippen LogP contribution in [0.2, 0.25) is 0 Å². The number of nitrogens with zero attached hydrogens (tertiary/aromatic N) is 4. The monoisotopic (exact) mass is 378 g/mol. The van der Waals surface area contributed by atoms with Crippen LogP contribution in [0.15, 0.2) is 18.2 Å². The van der Waals surface area contributed by atoms with Crippen LogP contribution in [0.1, 0.15) is 22.0 Å². The molecule has 8 nitrogen and oxygen atoms in total. The molecule has 2 aromatic heterocycles. The number of benzene rings is 1. The lowest BCUT2D eigenvalue weighted by Crippen LogP contribution is -2.33. The number of aromatic nitrogens is 4. The summed E-state index contributed by atoms with van der Waals surface area (Å²) in [4.78, 5) is 32.0. The molecular weight excluding hydrogens is 365 g/mol. The molecule has 3 aromatic rings. The van der Waals surface area contributed by atoms with Gasteiger partial charge in [-0.25, -0.2) is 22.7 Å². The maximum atomic E-state index is 13.5. The molecule has 0 aliphatic heterocycles. The van der Waals surface area contributed by atoms with Crippen molar-refractivity contribution >= 4 is 23.3 Å². The molecule has 0 aliphatic carbocycles. The Morgan fingerprint density at radius 3 is 2.59 bits per heavy atom. The number of hydrogen-bond acceptors (Lipinski definition) is 5. The first-order valence-electron chi connectivity index (χ1n) is 7.69. The first kappa shape index (κ1) is 18.3. The zero-order valence-electron chi connectivity index (χ0n) is 14.2. The first-order valence-corrected chi connectivity index (χ1v) is 7.69. The Kier molecular flexibility index (Phi) is 4.75. The van der Waals surface area contributed by atoms with Crippen LogP contribution < -0.4 is 10.6 Å². The average molecular weight is 378 g/mol. The molecule has 2 N–H and O–H groups in total. The van der Waals surface area contributed by atoms with Gasteiger partial charge in [-0.2, -0.15) is 4.98 Å². The summed E-state index contributed by atoms with van der Waals surface area (Å²) in [5.74, 6) is -6.19. The van der Waals surface area contributed by atoms with Crippen LogP contribution in [0.25, 0.3) is 5.78 Å². The first-order chi connectivity index (χ1) is 12.8. The van der Waals surface area contributed by atoms with Gasteiger partial charge < -0.3 is 10.6 Å². The van der Waals surface area contributed by atoms with Crippen molar-refractivity contribution in [2.75, 3.05) is 11.9 Å². The molecule has 27 heavy (non-hydrogen) atoms. The average Bonchev–Trinajstić information content (AvgIpc) is 3.04. The maximum Gasteiger partial charge on any atom is 0.291 e. The van der Waals surface area contributed by atoms with Gasteiger partial charge in [-0.05, 0) is 32.0 Å². The molecule has 0 spiro atoms. The number of hydrogen-bond donors (Lipinski definition) is 2. The Bertz CT molecular complexity index is 1070. The maximum absolute atomic E-state index is 13.5. The highest BCUT2D eigenvalue weighted by atomic mass is 19.2. The second-order valence-electron chi connectivity index (χ2n) is 5.64. The number of aryl methyl sites for hydroxylation is 2. The van der Waals surface area contributed by atoms with E-state index in [1.807, 2.05) is 5.32 Å². The molecule has 3 rings (SSSR count). The smallest absolute Gasteiger partial charge is 0.291 e. The molecule has 0 fully saturated rings. The summed E-state index contributed by atoms with van der Waals surface area (Å²) in [6.07, 6.45) is 0. The van der Waals surface area contributed by atoms with E-state index in [4.69, 9.17) is 0 Å². The molecule has 11 heteroatoms. The standard InChI is InChI=1S/C16H13F3N6O2/c1-7-5-8(2)25-16(21-7)23-14(24-25)15(27)20-6-11(26)22-10-4-3-9(17)12(18)13(10)19/h3-5H,6H2,1-2H3,(H,20,27)(H,22,26). The van der Waals surface area contributed by atoms with Crippen molar-refractivity contribution in [3.05, 3.63) is 52.9 Å². The van der Waals surface area contributed by atoms with E-state index < -0.39 is 41.5 Å². The van der Waals surface area contributed by atoms with Crippen LogP contribution >= 0.6 is 0 Å². The van der Waals surface area contributed by atoms with Gasteiger partial charge in [0, 0.05) is 11.4 Å². The van der Waals surface area contributed by atoms with Gasteiger partial charge in [0.1, 0.15) is 0 Å². The molecular formula is C16H13F3N6O2. The third-order valence-corrected chi connectivity index (χ3v) is 3.54. The third-order valence-electron chi connectivity index (χ3n) is 3.54. The Morgan fingerprint density at radius 2 is 1.85 bits per heavy atom. The molecule has 2 amide bonds. The molecule has 0 atom stereocenters. The minimum atomic E-state index is -1.70. The number of nitrogens with one attached hydrogen (secondary N) is 2. The van der Waals surface area contributed by atoms with Gasteiger partial charge >= 0.3 is 0 Å². The fourth-order valence-electron chi connectivity index (χ4n) is 2.32. The van der Waals surface area contributed by atoms with E-state index in [9.17, 15) is 22.8 Å². The second-order valence-corrected chi connectivity index (χ2v) is 5.64. The van der Waals surface area contributed by atoms with E-state index in [0.717, 1.165) is 11.8 Å². The molecule has 0 saturated heterocycles. The van der Waals surface area contributed by atoms with Gasteiger partial charge in [0.25, 0.3) is 11.7 Å². The van der Waals surface area contributed by atoms with Crippen molar-refractivity contribution in [1.82, 2.24) is 24.9 Å². The highest BCUT2D eigenvalue weighted by Crippen LogP contribution is 2.19. The molecule has 0 radical (unpaired) electrons. The highest BCUT2D eigenvalue weighted by Gasteiger charge is 2.18. The van der Waals surface area contributed by atoms with E-state index in [1.165, 1.54) is 4.52 Å². The third kappa shape index (κ3) is 3.71. The number of carbonyl (C=O) groups excluding carboxylic acids is 2. The van der Waals surface area contributed by atoms with Crippen LogP contribution in [0.5, 0.6) is 0 Å². The summed E-state index contributed by atoms with van der Waals surface area (Å²) in [5.41, 5.74) is 0.872. The van der Waals surface area contributed by atoms with Crippen LogP contribution in [0.4, 0.5) is 18.9 Å². The molecule has 2 heterocycles. The van der Waals surface area contributed by atoms with E-state index in [0.29, 0.717) is 11.8 Å². The molecule has 0 unspecified atom stereocenters. The lowest BCUT2D eigenvalue weighted by Gasteiger charge is -2.07. The normalized spacial score (nSPS) is 10.9. The SMILES string of the molecule is Cc1cc(C)n2nc(C(=O)NCC(=O)Nc3ccc(F)c(F)c3F)nc2n1. The van der Waals surface area contributed by atoms with Gasteiger partial charge in [-0.1, -0.05) is 0 Å². The molecule has 0 saturated carbocycles. The molecule has 140 valence electrons. The van der Waals surface area contributed by atoms with Crippen molar-refractivity contribution in [3.63, 3.8) is 0 Å². The largest absolute Gasteiger partial charge is 0.340 e. The predicted octanol–water partition coefficient (Wildman–Crippen LogP) is 1.53. The highest BCUT2D eigenvalue weighted by molar-refractivity contribution is 5.97. The van der Waals surface area contributed by atoms with Gasteiger partial charge in [0.05, 0.1) is 12.2 Å². The van der Waals surface area contributed by atoms with Crippen molar-refractivity contribution in [1.29, 1.82) is 0 Å². The van der Waals surface area contributed by atoms with E-state index >= 15 is 0 Å². The number of rotatable bonds is 4. The minimum absolute atomic E-state index is 0.206. The van der Waals surface area contributed by atoms with Crippen molar-refractivity contribution < 1.29 is 22.8 Å². The lowest BCUT2D eigenvalue weighted by atomic mass is 10.2. The summed E-state index contributed by atoms with van der Waals surface area (Å²) in [5, 5.41) is 8.29. The van der Waals surface area contributed by atoms with Crippen LogP contribution in [0, 0.1) is 31.3 Å². The zero-order chi connectivity index (χ0) is 19.7. The Labute approximate surface area is 150 Å². The quantitative estimate of drug-likeness (QED) is 0.671.